The molecule has 1 atom stereocenters. The highest BCUT2D eigenvalue weighted by molar-refractivity contribution is 6.31. The van der Waals surface area contributed by atoms with E-state index in [-0.39, 0.29) is 30.3 Å². The fourth-order valence-electron chi connectivity index (χ4n) is 3.62. The summed E-state index contributed by atoms with van der Waals surface area (Å²) in [6, 6.07) is 16.0. The molecule has 0 aliphatic rings. The third-order valence-corrected chi connectivity index (χ3v) is 5.82. The van der Waals surface area contributed by atoms with Crippen molar-refractivity contribution in [1.29, 1.82) is 0 Å². The normalized spacial score (nSPS) is 11.4. The number of nitrogens with zero attached hydrogens (tertiary/aromatic N) is 1. The maximum atomic E-state index is 13.4. The number of hydrogen-bond acceptors (Lipinski definition) is 5. The molecule has 194 valence electrons. The summed E-state index contributed by atoms with van der Waals surface area (Å²) in [7, 11) is 0. The second-order valence-electron chi connectivity index (χ2n) is 8.34. The number of carboxylic acids is 1. The van der Waals surface area contributed by atoms with Gasteiger partial charge in [-0.3, -0.25) is 14.4 Å². The second kappa shape index (κ2) is 13.9. The molecule has 0 fully saturated rings. The zero-order valence-electron chi connectivity index (χ0n) is 20.0. The Morgan fingerprint density at radius 1 is 0.973 bits per heavy atom. The van der Waals surface area contributed by atoms with E-state index < -0.39 is 23.7 Å². The molecule has 8 nitrogen and oxygen atoms in total. The minimum atomic E-state index is -1.08. The average Bonchev–Trinajstić information content (AvgIpc) is 2.89. The number of anilines is 1. The highest BCUT2D eigenvalue weighted by Crippen LogP contribution is 2.27. The first-order chi connectivity index (χ1) is 17.8. The van der Waals surface area contributed by atoms with Crippen LogP contribution in [0.3, 0.4) is 0 Å². The zero-order chi connectivity index (χ0) is 26.6. The number of hydrogen-bond donors (Lipinski definition) is 4. The van der Waals surface area contributed by atoms with Gasteiger partial charge in [0.05, 0.1) is 24.0 Å². The van der Waals surface area contributed by atoms with Crippen LogP contribution in [0.5, 0.6) is 0 Å². The Kier molecular flexibility index (Phi) is 10.4. The average molecular weight is 527 g/mol. The third-order valence-electron chi connectivity index (χ3n) is 5.53. The molecule has 37 heavy (non-hydrogen) atoms. The van der Waals surface area contributed by atoms with Crippen molar-refractivity contribution in [2.45, 2.75) is 31.7 Å². The Bertz CT molecular complexity index is 1210. The Hall–Kier alpha value is -3.98. The topological polar surface area (TPSA) is 120 Å². The van der Waals surface area contributed by atoms with Crippen molar-refractivity contribution in [2.75, 3.05) is 18.4 Å². The van der Waals surface area contributed by atoms with Crippen LogP contribution in [-0.4, -0.2) is 41.0 Å². The maximum Gasteiger partial charge on any atom is 0.305 e. The lowest BCUT2D eigenvalue weighted by atomic mass is 9.99. The maximum absolute atomic E-state index is 13.4. The monoisotopic (exact) mass is 526 g/mol. The van der Waals surface area contributed by atoms with Crippen molar-refractivity contribution in [3.63, 3.8) is 0 Å². The van der Waals surface area contributed by atoms with Gasteiger partial charge in [-0.15, -0.1) is 0 Å². The van der Waals surface area contributed by atoms with Crippen LogP contribution in [0.4, 0.5) is 10.2 Å². The summed E-state index contributed by atoms with van der Waals surface area (Å²) in [6.07, 6.45) is 3.04. The molecule has 0 saturated heterocycles. The van der Waals surface area contributed by atoms with Crippen molar-refractivity contribution in [1.82, 2.24) is 15.6 Å². The lowest BCUT2D eigenvalue weighted by Crippen LogP contribution is -2.39. The van der Waals surface area contributed by atoms with Crippen LogP contribution >= 0.6 is 11.6 Å². The van der Waals surface area contributed by atoms with Gasteiger partial charge in [-0.25, -0.2) is 9.37 Å². The van der Waals surface area contributed by atoms with E-state index in [0.29, 0.717) is 24.1 Å². The lowest BCUT2D eigenvalue weighted by molar-refractivity contribution is -0.138. The number of aliphatic carboxylic acids is 1. The number of pyridine rings is 1. The van der Waals surface area contributed by atoms with E-state index in [0.717, 1.165) is 17.8 Å². The van der Waals surface area contributed by atoms with Gasteiger partial charge in [-0.1, -0.05) is 48.0 Å². The number of carbonyl (C=O) groups is 3. The van der Waals surface area contributed by atoms with E-state index in [2.05, 4.69) is 20.9 Å². The smallest absolute Gasteiger partial charge is 0.305 e. The van der Waals surface area contributed by atoms with Gasteiger partial charge in [0.25, 0.3) is 0 Å². The van der Waals surface area contributed by atoms with Crippen molar-refractivity contribution in [3.8, 4) is 11.1 Å². The minimum Gasteiger partial charge on any atom is -0.481 e. The number of unbranched alkanes of at least 4 members (excludes halogenated alkanes) is 1. The van der Waals surface area contributed by atoms with Gasteiger partial charge in [0.2, 0.25) is 11.8 Å². The second-order valence-corrected chi connectivity index (χ2v) is 8.75. The quantitative estimate of drug-likeness (QED) is 0.242. The Morgan fingerprint density at radius 2 is 1.73 bits per heavy atom. The van der Waals surface area contributed by atoms with Crippen molar-refractivity contribution < 1.29 is 23.9 Å². The van der Waals surface area contributed by atoms with Gasteiger partial charge in [0, 0.05) is 19.2 Å². The van der Waals surface area contributed by atoms with Crippen LogP contribution in [0, 0.1) is 5.82 Å². The fraction of sp³-hybridized carbons (Fsp3) is 0.259. The Morgan fingerprint density at radius 3 is 2.41 bits per heavy atom. The predicted octanol–water partition coefficient (Wildman–Crippen LogP) is 4.57. The van der Waals surface area contributed by atoms with Gasteiger partial charge < -0.3 is 21.1 Å². The number of nitrogens with one attached hydrogen (secondary N) is 3. The molecule has 0 saturated carbocycles. The van der Waals surface area contributed by atoms with Crippen LogP contribution in [0.15, 0.2) is 66.9 Å². The van der Waals surface area contributed by atoms with Crippen molar-refractivity contribution in [2.24, 2.45) is 0 Å². The van der Waals surface area contributed by atoms with Crippen molar-refractivity contribution >= 4 is 35.2 Å². The molecule has 0 bridgehead atoms. The molecule has 1 aromatic heterocycles. The molecule has 0 spiro atoms. The van der Waals surface area contributed by atoms with E-state index >= 15 is 0 Å². The van der Waals surface area contributed by atoms with E-state index in [1.807, 2.05) is 18.2 Å². The third kappa shape index (κ3) is 9.20. The molecule has 0 aliphatic heterocycles. The van der Waals surface area contributed by atoms with Gasteiger partial charge in [-0.05, 0) is 53.8 Å². The number of carbonyl (C=O) groups excluding carboxylic acids is 2. The minimum absolute atomic E-state index is 0.000733. The number of amides is 2. The van der Waals surface area contributed by atoms with E-state index in [4.69, 9.17) is 11.6 Å². The molecular weight excluding hydrogens is 499 g/mol. The molecule has 0 aliphatic carbocycles. The van der Waals surface area contributed by atoms with Crippen LogP contribution in [0.2, 0.25) is 5.02 Å². The number of rotatable bonds is 13. The van der Waals surface area contributed by atoms with Crippen LogP contribution in [0.25, 0.3) is 11.1 Å². The standard InChI is InChI=1S/C27H28ClFN4O4/c28-21-15-20(11-12-22(21)29)18-7-9-19(10-8-18)23(16-27(36)37)33-26(35)17-32-25(34)6-2-4-14-31-24-5-1-3-13-30-24/h1,3,5,7-13,15,23H,2,4,6,14,16-17H2,(H,30,31)(H,32,34)(H,33,35)(H,36,37). The Balaban J connectivity index is 1.46. The van der Waals surface area contributed by atoms with Crippen molar-refractivity contribution in [3.05, 3.63) is 83.3 Å². The summed E-state index contributed by atoms with van der Waals surface area (Å²) in [6.45, 7) is 0.419. The zero-order valence-corrected chi connectivity index (χ0v) is 20.8. The molecule has 3 rings (SSSR count). The highest BCUT2D eigenvalue weighted by atomic mass is 35.5. The summed E-state index contributed by atoms with van der Waals surface area (Å²) >= 11 is 5.85. The lowest BCUT2D eigenvalue weighted by Gasteiger charge is -2.18. The van der Waals surface area contributed by atoms with Gasteiger partial charge in [-0.2, -0.15) is 0 Å². The first-order valence-electron chi connectivity index (χ1n) is 11.8. The molecule has 1 heterocycles. The van der Waals surface area contributed by atoms with Gasteiger partial charge in [0.1, 0.15) is 11.6 Å². The molecule has 2 amide bonds. The van der Waals surface area contributed by atoms with Gasteiger partial charge in [0.15, 0.2) is 0 Å². The van der Waals surface area contributed by atoms with E-state index in [1.165, 1.54) is 12.1 Å². The molecule has 1 unspecified atom stereocenters. The molecule has 4 N–H and O–H groups in total. The fourth-order valence-corrected chi connectivity index (χ4v) is 3.80. The summed E-state index contributed by atoms with van der Waals surface area (Å²) in [5.41, 5.74) is 2.04. The van der Waals surface area contributed by atoms with E-state index in [1.54, 1.807) is 36.5 Å². The molecule has 3 aromatic rings. The summed E-state index contributed by atoms with van der Waals surface area (Å²) in [4.78, 5) is 40.0. The molecule has 2 aromatic carbocycles. The first kappa shape index (κ1) is 27.6. The van der Waals surface area contributed by atoms with Gasteiger partial charge >= 0.3 is 5.97 Å². The van der Waals surface area contributed by atoms with Crippen LogP contribution in [0.1, 0.15) is 37.3 Å². The number of halogens is 2. The SMILES string of the molecule is O=C(O)CC(NC(=O)CNC(=O)CCCCNc1ccccn1)c1ccc(-c2ccc(F)c(Cl)c2)cc1. The summed E-state index contributed by atoms with van der Waals surface area (Å²) in [5.74, 6) is -1.58. The van der Waals surface area contributed by atoms with E-state index in [9.17, 15) is 23.9 Å². The Labute approximate surface area is 219 Å². The summed E-state index contributed by atoms with van der Waals surface area (Å²) in [5, 5.41) is 17.7. The number of carboxylic acid groups (broad SMARTS) is 1. The molecule has 0 radical (unpaired) electrons. The largest absolute Gasteiger partial charge is 0.481 e. The first-order valence-corrected chi connectivity index (χ1v) is 12.2. The number of benzene rings is 2. The highest BCUT2D eigenvalue weighted by Gasteiger charge is 2.19. The summed E-state index contributed by atoms with van der Waals surface area (Å²) < 4.78 is 13.4. The molecule has 10 heteroatoms. The molecular formula is C27H28ClFN4O4. The van der Waals surface area contributed by atoms with Crippen LogP contribution in [-0.2, 0) is 14.4 Å². The number of aromatic nitrogens is 1. The van der Waals surface area contributed by atoms with Crippen LogP contribution < -0.4 is 16.0 Å². The predicted molar refractivity (Wildman–Crippen MR) is 140 cm³/mol.